The van der Waals surface area contributed by atoms with E-state index in [4.69, 9.17) is 9.72 Å². The molecule has 5 heteroatoms. The molecule has 0 fully saturated rings. The lowest BCUT2D eigenvalue weighted by Gasteiger charge is -2.28. The van der Waals surface area contributed by atoms with Gasteiger partial charge in [0.1, 0.15) is 5.75 Å². The molecule has 2 aromatic carbocycles. The van der Waals surface area contributed by atoms with Crippen molar-refractivity contribution in [1.29, 1.82) is 0 Å². The van der Waals surface area contributed by atoms with Gasteiger partial charge in [0.2, 0.25) is 0 Å². The molecule has 1 aromatic heterocycles. The number of methoxy groups -OCH3 is 1. The van der Waals surface area contributed by atoms with Gasteiger partial charge in [0.25, 0.3) is 0 Å². The van der Waals surface area contributed by atoms with Crippen molar-refractivity contribution in [3.05, 3.63) is 70.9 Å². The second-order valence-corrected chi connectivity index (χ2v) is 6.75. The highest BCUT2D eigenvalue weighted by Crippen LogP contribution is 2.33. The van der Waals surface area contributed by atoms with Crippen molar-refractivity contribution in [2.45, 2.75) is 6.54 Å². The Morgan fingerprint density at radius 2 is 1.89 bits per heavy atom. The Morgan fingerprint density at radius 1 is 1.15 bits per heavy atom. The number of aromatic carboxylic acids is 1. The molecule has 1 N–H and O–H groups in total. The normalized spacial score (nSPS) is 15.7. The molecule has 4 rings (SSSR count). The van der Waals surface area contributed by atoms with E-state index in [-0.39, 0.29) is 0 Å². The van der Waals surface area contributed by atoms with Crippen LogP contribution >= 0.6 is 0 Å². The maximum Gasteiger partial charge on any atom is 0.336 e. The van der Waals surface area contributed by atoms with Gasteiger partial charge in [-0.15, -0.1) is 0 Å². The molecule has 0 atom stereocenters. The van der Waals surface area contributed by atoms with Crippen LogP contribution in [-0.2, 0) is 6.54 Å². The molecular weight excluding hydrogens is 340 g/mol. The van der Waals surface area contributed by atoms with E-state index in [2.05, 4.69) is 11.0 Å². The number of carbonyl (C=O) groups is 1. The van der Waals surface area contributed by atoms with E-state index >= 15 is 0 Å². The fourth-order valence-electron chi connectivity index (χ4n) is 3.62. The van der Waals surface area contributed by atoms with Gasteiger partial charge in [-0.1, -0.05) is 30.3 Å². The predicted molar refractivity (Wildman–Crippen MR) is 106 cm³/mol. The predicted octanol–water partition coefficient (Wildman–Crippen LogP) is 3.93. The molecule has 3 aromatic rings. The lowest BCUT2D eigenvalue weighted by Crippen LogP contribution is -2.28. The monoisotopic (exact) mass is 360 g/mol. The van der Waals surface area contributed by atoms with Gasteiger partial charge in [0, 0.05) is 24.0 Å². The first-order valence-corrected chi connectivity index (χ1v) is 8.75. The number of fused-ring (bicyclic) bond motifs is 2. The Bertz CT molecular complexity index is 1060. The number of likely N-dealkylation sites (N-methyl/N-ethyl adjacent to an activating group) is 1. The van der Waals surface area contributed by atoms with Crippen LogP contribution in [0.25, 0.3) is 22.6 Å². The van der Waals surface area contributed by atoms with Gasteiger partial charge in [0.15, 0.2) is 0 Å². The van der Waals surface area contributed by atoms with Crippen LogP contribution in [0.1, 0.15) is 27.2 Å². The fourth-order valence-corrected chi connectivity index (χ4v) is 3.62. The van der Waals surface area contributed by atoms with Crippen LogP contribution < -0.4 is 4.74 Å². The number of carboxylic acid groups (broad SMARTS) is 1. The summed E-state index contributed by atoms with van der Waals surface area (Å²) in [5.41, 5.74) is 4.65. The van der Waals surface area contributed by atoms with E-state index < -0.39 is 5.97 Å². The topological polar surface area (TPSA) is 62.7 Å². The number of ether oxygens (including phenoxy) is 1. The summed E-state index contributed by atoms with van der Waals surface area (Å²) >= 11 is 0. The summed E-state index contributed by atoms with van der Waals surface area (Å²) in [4.78, 5) is 19.0. The molecule has 136 valence electrons. The first-order chi connectivity index (χ1) is 13.1. The molecule has 0 bridgehead atoms. The third kappa shape index (κ3) is 3.17. The highest BCUT2D eigenvalue weighted by atomic mass is 16.5. The van der Waals surface area contributed by atoms with Gasteiger partial charge in [-0.3, -0.25) is 4.90 Å². The zero-order chi connectivity index (χ0) is 19.0. The van der Waals surface area contributed by atoms with Gasteiger partial charge in [0.05, 0.1) is 23.9 Å². The minimum absolute atomic E-state index is 0.350. The Balaban J connectivity index is 1.93. The number of pyridine rings is 1. The third-order valence-corrected chi connectivity index (χ3v) is 4.84. The second kappa shape index (κ2) is 6.85. The molecular formula is C22H20N2O3. The number of para-hydroxylation sites is 1. The zero-order valence-corrected chi connectivity index (χ0v) is 15.3. The molecule has 0 saturated carbocycles. The molecule has 0 unspecified atom stereocenters. The maximum atomic E-state index is 12.0. The van der Waals surface area contributed by atoms with Crippen molar-refractivity contribution in [1.82, 2.24) is 9.88 Å². The molecule has 0 spiro atoms. The van der Waals surface area contributed by atoms with Crippen molar-refractivity contribution >= 4 is 28.5 Å². The summed E-state index contributed by atoms with van der Waals surface area (Å²) in [5, 5.41) is 10.6. The molecule has 27 heavy (non-hydrogen) atoms. The van der Waals surface area contributed by atoms with Crippen LogP contribution in [-0.4, -0.2) is 41.7 Å². The van der Waals surface area contributed by atoms with E-state index in [1.165, 1.54) is 0 Å². The molecule has 0 radical (unpaired) electrons. The van der Waals surface area contributed by atoms with Crippen LogP contribution in [0.2, 0.25) is 0 Å². The summed E-state index contributed by atoms with van der Waals surface area (Å²) < 4.78 is 5.22. The Morgan fingerprint density at radius 3 is 2.59 bits per heavy atom. The van der Waals surface area contributed by atoms with Crippen LogP contribution in [0.3, 0.4) is 0 Å². The number of carboxylic acids is 1. The second-order valence-electron chi connectivity index (χ2n) is 6.75. The molecule has 5 nitrogen and oxygen atoms in total. The third-order valence-electron chi connectivity index (χ3n) is 4.84. The summed E-state index contributed by atoms with van der Waals surface area (Å²) in [6.45, 7) is 1.28. The highest BCUT2D eigenvalue weighted by Gasteiger charge is 2.26. The number of hydrogen-bond donors (Lipinski definition) is 1. The number of hydrogen-bond acceptors (Lipinski definition) is 4. The minimum atomic E-state index is -0.913. The number of aromatic nitrogens is 1. The van der Waals surface area contributed by atoms with Crippen LogP contribution in [0.4, 0.5) is 0 Å². The average molecular weight is 360 g/mol. The molecule has 0 amide bonds. The van der Waals surface area contributed by atoms with Crippen LogP contribution in [0, 0.1) is 0 Å². The Labute approximate surface area is 157 Å². The summed E-state index contributed by atoms with van der Waals surface area (Å²) in [5.74, 6) is -0.112. The molecule has 2 heterocycles. The first kappa shape index (κ1) is 17.2. The minimum Gasteiger partial charge on any atom is -0.497 e. The Hall–Kier alpha value is -3.18. The first-order valence-electron chi connectivity index (χ1n) is 8.75. The van der Waals surface area contributed by atoms with Crippen molar-refractivity contribution in [2.24, 2.45) is 0 Å². The molecule has 0 aliphatic carbocycles. The molecule has 1 aliphatic heterocycles. The molecule has 1 aliphatic rings. The summed E-state index contributed by atoms with van der Waals surface area (Å²) in [7, 11) is 3.63. The van der Waals surface area contributed by atoms with Gasteiger partial charge in [-0.05, 0) is 42.5 Å². The van der Waals surface area contributed by atoms with Crippen molar-refractivity contribution < 1.29 is 14.6 Å². The smallest absolute Gasteiger partial charge is 0.336 e. The van der Waals surface area contributed by atoms with Gasteiger partial charge < -0.3 is 9.84 Å². The van der Waals surface area contributed by atoms with Crippen molar-refractivity contribution in [3.8, 4) is 5.75 Å². The van der Waals surface area contributed by atoms with Crippen LogP contribution in [0.5, 0.6) is 5.75 Å². The maximum absolute atomic E-state index is 12.0. The Kier molecular flexibility index (Phi) is 4.38. The highest BCUT2D eigenvalue weighted by molar-refractivity contribution is 6.05. The number of nitrogens with zero attached hydrogens (tertiary/aromatic N) is 2. The van der Waals surface area contributed by atoms with Crippen LogP contribution in [0.15, 0.2) is 48.5 Å². The number of benzene rings is 2. The quantitative estimate of drug-likeness (QED) is 0.767. The summed E-state index contributed by atoms with van der Waals surface area (Å²) in [6, 6.07) is 15.2. The van der Waals surface area contributed by atoms with E-state index in [0.29, 0.717) is 29.6 Å². The zero-order valence-electron chi connectivity index (χ0n) is 15.3. The van der Waals surface area contributed by atoms with Gasteiger partial charge in [-0.25, -0.2) is 9.78 Å². The van der Waals surface area contributed by atoms with Crippen molar-refractivity contribution in [2.75, 3.05) is 20.7 Å². The number of rotatable bonds is 3. The fraction of sp³-hybridized carbons (Fsp3) is 0.182. The van der Waals surface area contributed by atoms with E-state index in [9.17, 15) is 9.90 Å². The summed E-state index contributed by atoms with van der Waals surface area (Å²) in [6.07, 6.45) is 2.07. The SMILES string of the molecule is COc1ccc(/C=C2/CN(C)Cc3c2nc2ccccc2c3C(=O)O)cc1. The van der Waals surface area contributed by atoms with Gasteiger partial charge >= 0.3 is 5.97 Å². The standard InChI is InChI=1S/C22H20N2O3/c1-24-12-15(11-14-7-9-16(27-2)10-8-14)21-18(13-24)20(22(25)26)17-5-3-4-6-19(17)23-21/h3-11H,12-13H2,1-2H3,(H,25,26)/b15-11-. The largest absolute Gasteiger partial charge is 0.497 e. The molecule has 0 saturated heterocycles. The lowest BCUT2D eigenvalue weighted by atomic mass is 9.92. The van der Waals surface area contributed by atoms with Gasteiger partial charge in [-0.2, -0.15) is 0 Å². The lowest BCUT2D eigenvalue weighted by molar-refractivity contribution is 0.0696. The van der Waals surface area contributed by atoms with E-state index in [1.54, 1.807) is 7.11 Å². The average Bonchev–Trinajstić information content (AvgIpc) is 2.66. The van der Waals surface area contributed by atoms with Crippen molar-refractivity contribution in [3.63, 3.8) is 0 Å². The van der Waals surface area contributed by atoms with E-state index in [0.717, 1.165) is 28.1 Å². The van der Waals surface area contributed by atoms with E-state index in [1.807, 2.05) is 55.6 Å².